The van der Waals surface area contributed by atoms with Crippen molar-refractivity contribution in [3.63, 3.8) is 0 Å². The van der Waals surface area contributed by atoms with Gasteiger partial charge in [0, 0.05) is 35.0 Å². The first-order chi connectivity index (χ1) is 8.09. The molecule has 0 spiro atoms. The molecule has 2 unspecified atom stereocenters. The van der Waals surface area contributed by atoms with Gasteiger partial charge in [-0.3, -0.25) is 9.78 Å². The molecule has 1 aromatic heterocycles. The molecule has 1 aromatic rings. The Hall–Kier alpha value is -0.690. The van der Waals surface area contributed by atoms with Crippen molar-refractivity contribution in [2.75, 3.05) is 13.1 Å². The number of halogens is 1. The summed E-state index contributed by atoms with van der Waals surface area (Å²) >= 11 is 2.12. The molecule has 5 heteroatoms. The summed E-state index contributed by atoms with van der Waals surface area (Å²) in [5.74, 6) is 0.249. The molecular formula is C12H15IN2O2. The van der Waals surface area contributed by atoms with Crippen LogP contribution in [-0.4, -0.2) is 40.1 Å². The highest BCUT2D eigenvalue weighted by Crippen LogP contribution is 2.22. The molecule has 0 saturated carbocycles. The summed E-state index contributed by atoms with van der Waals surface area (Å²) in [6, 6.07) is 1.75. The Labute approximate surface area is 114 Å². The number of carbonyl (C=O) groups is 1. The zero-order valence-corrected chi connectivity index (χ0v) is 11.8. The molecule has 1 amide bonds. The van der Waals surface area contributed by atoms with E-state index < -0.39 is 0 Å². The molecule has 0 bridgehead atoms. The fourth-order valence-electron chi connectivity index (χ4n) is 2.08. The van der Waals surface area contributed by atoms with Gasteiger partial charge in [0.25, 0.3) is 5.91 Å². The van der Waals surface area contributed by atoms with E-state index in [-0.39, 0.29) is 17.9 Å². The fraction of sp³-hybridized carbons (Fsp3) is 0.500. The van der Waals surface area contributed by atoms with E-state index in [1.54, 1.807) is 25.4 Å². The van der Waals surface area contributed by atoms with Crippen molar-refractivity contribution in [3.8, 4) is 0 Å². The minimum Gasteiger partial charge on any atom is -0.393 e. The monoisotopic (exact) mass is 346 g/mol. The van der Waals surface area contributed by atoms with Gasteiger partial charge in [-0.1, -0.05) is 0 Å². The Morgan fingerprint density at radius 2 is 2.47 bits per heavy atom. The lowest BCUT2D eigenvalue weighted by atomic mass is 10.0. The Balaban J connectivity index is 2.10. The highest BCUT2D eigenvalue weighted by atomic mass is 127. The van der Waals surface area contributed by atoms with Crippen LogP contribution >= 0.6 is 22.6 Å². The molecule has 1 aliphatic rings. The Morgan fingerprint density at radius 3 is 3.06 bits per heavy atom. The highest BCUT2D eigenvalue weighted by molar-refractivity contribution is 14.1. The zero-order valence-electron chi connectivity index (χ0n) is 9.64. The van der Waals surface area contributed by atoms with Gasteiger partial charge in [-0.2, -0.15) is 0 Å². The van der Waals surface area contributed by atoms with Crippen LogP contribution in [0.5, 0.6) is 0 Å². The number of amides is 1. The topological polar surface area (TPSA) is 53.4 Å². The van der Waals surface area contributed by atoms with Crippen LogP contribution in [0, 0.1) is 9.49 Å². The molecule has 2 rings (SSSR count). The van der Waals surface area contributed by atoms with Crippen LogP contribution in [-0.2, 0) is 0 Å². The minimum absolute atomic E-state index is 0.0416. The number of hydrogen-bond acceptors (Lipinski definition) is 3. The molecule has 2 heterocycles. The maximum absolute atomic E-state index is 12.2. The van der Waals surface area contributed by atoms with E-state index in [0.717, 1.165) is 16.5 Å². The summed E-state index contributed by atoms with van der Waals surface area (Å²) in [4.78, 5) is 18.0. The van der Waals surface area contributed by atoms with E-state index in [2.05, 4.69) is 27.6 Å². The van der Waals surface area contributed by atoms with Gasteiger partial charge >= 0.3 is 0 Å². The first-order valence-corrected chi connectivity index (χ1v) is 6.74. The summed E-state index contributed by atoms with van der Waals surface area (Å²) < 4.78 is 0.871. The van der Waals surface area contributed by atoms with Crippen LogP contribution in [0.15, 0.2) is 18.5 Å². The van der Waals surface area contributed by atoms with E-state index in [0.29, 0.717) is 12.1 Å². The lowest BCUT2D eigenvalue weighted by molar-refractivity contribution is 0.0761. The molecule has 17 heavy (non-hydrogen) atoms. The predicted octanol–water partition coefficient (Wildman–Crippen LogP) is 1.53. The van der Waals surface area contributed by atoms with Gasteiger partial charge < -0.3 is 10.0 Å². The molecule has 1 saturated heterocycles. The van der Waals surface area contributed by atoms with Gasteiger partial charge in [0.1, 0.15) is 0 Å². The van der Waals surface area contributed by atoms with E-state index >= 15 is 0 Å². The number of nitrogens with zero attached hydrogens (tertiary/aromatic N) is 2. The molecule has 0 aromatic carbocycles. The van der Waals surface area contributed by atoms with E-state index in [1.165, 1.54) is 0 Å². The third kappa shape index (κ3) is 2.77. The van der Waals surface area contributed by atoms with Crippen molar-refractivity contribution in [2.45, 2.75) is 19.4 Å². The molecule has 2 atom stereocenters. The van der Waals surface area contributed by atoms with Gasteiger partial charge in [-0.15, -0.1) is 0 Å². The summed E-state index contributed by atoms with van der Waals surface area (Å²) in [5, 5.41) is 9.53. The van der Waals surface area contributed by atoms with Crippen LogP contribution in [0.4, 0.5) is 0 Å². The Bertz CT molecular complexity index is 423. The quantitative estimate of drug-likeness (QED) is 0.827. The van der Waals surface area contributed by atoms with Gasteiger partial charge in [0.2, 0.25) is 0 Å². The lowest BCUT2D eigenvalue weighted by Crippen LogP contribution is -2.30. The molecule has 4 nitrogen and oxygen atoms in total. The van der Waals surface area contributed by atoms with E-state index in [1.807, 2.05) is 4.90 Å². The number of aromatic nitrogens is 1. The standard InChI is InChI=1S/C12H15IN2O2/c1-8(16)9-3-5-15(7-9)12(17)10-2-4-14-6-11(10)13/h2,4,6,8-9,16H,3,5,7H2,1H3. The highest BCUT2D eigenvalue weighted by Gasteiger charge is 2.30. The van der Waals surface area contributed by atoms with Gasteiger partial charge in [0.15, 0.2) is 0 Å². The van der Waals surface area contributed by atoms with Crippen LogP contribution in [0.1, 0.15) is 23.7 Å². The predicted molar refractivity (Wildman–Crippen MR) is 72.6 cm³/mol. The fourth-order valence-corrected chi connectivity index (χ4v) is 2.66. The number of likely N-dealkylation sites (tertiary alicyclic amines) is 1. The van der Waals surface area contributed by atoms with Crippen molar-refractivity contribution >= 4 is 28.5 Å². The smallest absolute Gasteiger partial charge is 0.255 e. The third-order valence-corrected chi connectivity index (χ3v) is 4.06. The Kier molecular flexibility index (Phi) is 3.98. The number of rotatable bonds is 2. The first kappa shape index (κ1) is 12.8. The molecule has 92 valence electrons. The number of carbonyl (C=O) groups excluding carboxylic acids is 1. The van der Waals surface area contributed by atoms with Crippen LogP contribution in [0.3, 0.4) is 0 Å². The van der Waals surface area contributed by atoms with E-state index in [4.69, 9.17) is 0 Å². The second-order valence-electron chi connectivity index (χ2n) is 4.40. The van der Waals surface area contributed by atoms with Crippen LogP contribution in [0.25, 0.3) is 0 Å². The van der Waals surface area contributed by atoms with Gasteiger partial charge in [0.05, 0.1) is 11.7 Å². The Morgan fingerprint density at radius 1 is 1.71 bits per heavy atom. The minimum atomic E-state index is -0.343. The first-order valence-electron chi connectivity index (χ1n) is 5.66. The molecule has 1 fully saturated rings. The van der Waals surface area contributed by atoms with Crippen molar-refractivity contribution in [1.82, 2.24) is 9.88 Å². The maximum atomic E-state index is 12.2. The molecule has 0 radical (unpaired) electrons. The average Bonchev–Trinajstić information content (AvgIpc) is 2.78. The second-order valence-corrected chi connectivity index (χ2v) is 5.56. The van der Waals surface area contributed by atoms with Crippen molar-refractivity contribution in [2.24, 2.45) is 5.92 Å². The number of aliphatic hydroxyl groups is 1. The van der Waals surface area contributed by atoms with Crippen LogP contribution < -0.4 is 0 Å². The summed E-state index contributed by atoms with van der Waals surface area (Å²) in [6.45, 7) is 3.16. The summed E-state index contributed by atoms with van der Waals surface area (Å²) in [6.07, 6.45) is 3.86. The second kappa shape index (κ2) is 5.30. The van der Waals surface area contributed by atoms with Crippen LogP contribution in [0.2, 0.25) is 0 Å². The normalized spacial score (nSPS) is 21.6. The van der Waals surface area contributed by atoms with Gasteiger partial charge in [-0.25, -0.2) is 0 Å². The molecule has 0 aliphatic carbocycles. The van der Waals surface area contributed by atoms with E-state index in [9.17, 15) is 9.90 Å². The SMILES string of the molecule is CC(O)C1CCN(C(=O)c2ccncc2I)C1. The van der Waals surface area contributed by atoms with Gasteiger partial charge in [-0.05, 0) is 42.0 Å². The number of pyridine rings is 1. The summed E-state index contributed by atoms with van der Waals surface area (Å²) in [7, 11) is 0. The number of hydrogen-bond donors (Lipinski definition) is 1. The maximum Gasteiger partial charge on any atom is 0.255 e. The number of aliphatic hydroxyl groups excluding tert-OH is 1. The third-order valence-electron chi connectivity index (χ3n) is 3.20. The molecular weight excluding hydrogens is 331 g/mol. The zero-order chi connectivity index (χ0) is 12.4. The molecule has 1 aliphatic heterocycles. The molecule has 1 N–H and O–H groups in total. The largest absolute Gasteiger partial charge is 0.393 e. The average molecular weight is 346 g/mol. The van der Waals surface area contributed by atoms with Crippen molar-refractivity contribution in [3.05, 3.63) is 27.6 Å². The lowest BCUT2D eigenvalue weighted by Gasteiger charge is -2.18. The van der Waals surface area contributed by atoms with Crippen molar-refractivity contribution < 1.29 is 9.90 Å². The summed E-state index contributed by atoms with van der Waals surface area (Å²) in [5.41, 5.74) is 0.701. The van der Waals surface area contributed by atoms with Crippen molar-refractivity contribution in [1.29, 1.82) is 0 Å².